The van der Waals surface area contributed by atoms with Gasteiger partial charge in [-0.25, -0.2) is 4.98 Å². The van der Waals surface area contributed by atoms with Crippen LogP contribution >= 0.6 is 11.3 Å². The lowest BCUT2D eigenvalue weighted by molar-refractivity contribution is -0.153. The van der Waals surface area contributed by atoms with Crippen molar-refractivity contribution in [1.82, 2.24) is 4.98 Å². The Kier molecular flexibility index (Phi) is 6.02. The van der Waals surface area contributed by atoms with E-state index >= 15 is 0 Å². The number of nitrogens with one attached hydrogen (secondary N) is 1. The molecule has 1 aromatic carbocycles. The molecule has 2 rings (SSSR count). The SMILES string of the molecule is COc1cc(CCC(=O)Nc2nccs2)ccc1OCC(F)(F)F. The van der Waals surface area contributed by atoms with Crippen LogP contribution in [0.1, 0.15) is 12.0 Å². The first-order chi connectivity index (χ1) is 11.4. The summed E-state index contributed by atoms with van der Waals surface area (Å²) in [6.07, 6.45) is -2.21. The van der Waals surface area contributed by atoms with E-state index in [1.165, 1.54) is 24.5 Å². The van der Waals surface area contributed by atoms with Crippen LogP contribution in [0, 0.1) is 0 Å². The Morgan fingerprint density at radius 2 is 2.12 bits per heavy atom. The zero-order valence-electron chi connectivity index (χ0n) is 12.7. The fourth-order valence-electron chi connectivity index (χ4n) is 1.87. The average molecular weight is 360 g/mol. The third-order valence-electron chi connectivity index (χ3n) is 2.94. The molecule has 1 amide bonds. The van der Waals surface area contributed by atoms with Crippen LogP contribution in [-0.4, -0.2) is 30.8 Å². The number of amides is 1. The largest absolute Gasteiger partial charge is 0.493 e. The van der Waals surface area contributed by atoms with Crippen LogP contribution < -0.4 is 14.8 Å². The molecule has 1 heterocycles. The lowest BCUT2D eigenvalue weighted by atomic mass is 10.1. The molecule has 2 aromatic rings. The topological polar surface area (TPSA) is 60.5 Å². The highest BCUT2D eigenvalue weighted by Gasteiger charge is 2.29. The summed E-state index contributed by atoms with van der Waals surface area (Å²) in [5, 5.41) is 4.93. The molecule has 0 fully saturated rings. The van der Waals surface area contributed by atoms with Crippen LogP contribution in [-0.2, 0) is 11.2 Å². The van der Waals surface area contributed by atoms with E-state index in [0.717, 1.165) is 5.56 Å². The average Bonchev–Trinajstić information content (AvgIpc) is 3.03. The van der Waals surface area contributed by atoms with Gasteiger partial charge in [-0.2, -0.15) is 13.2 Å². The van der Waals surface area contributed by atoms with E-state index in [4.69, 9.17) is 9.47 Å². The Bertz CT molecular complexity index is 675. The molecular weight excluding hydrogens is 345 g/mol. The van der Waals surface area contributed by atoms with E-state index in [2.05, 4.69) is 10.3 Å². The minimum atomic E-state index is -4.42. The second-order valence-electron chi connectivity index (χ2n) is 4.77. The number of nitrogens with zero attached hydrogens (tertiary/aromatic N) is 1. The summed E-state index contributed by atoms with van der Waals surface area (Å²) in [6.45, 7) is -1.39. The summed E-state index contributed by atoms with van der Waals surface area (Å²) in [6, 6.07) is 4.56. The van der Waals surface area contributed by atoms with E-state index in [1.807, 2.05) is 0 Å². The van der Waals surface area contributed by atoms with Crippen LogP contribution in [0.5, 0.6) is 11.5 Å². The molecule has 0 unspecified atom stereocenters. The van der Waals surface area contributed by atoms with Crippen molar-refractivity contribution in [2.45, 2.75) is 19.0 Å². The summed E-state index contributed by atoms with van der Waals surface area (Å²) in [7, 11) is 1.34. The zero-order chi connectivity index (χ0) is 17.6. The van der Waals surface area contributed by atoms with Gasteiger partial charge in [0.05, 0.1) is 7.11 Å². The van der Waals surface area contributed by atoms with Gasteiger partial charge in [-0.1, -0.05) is 6.07 Å². The van der Waals surface area contributed by atoms with Crippen LogP contribution in [0.4, 0.5) is 18.3 Å². The van der Waals surface area contributed by atoms with Crippen molar-refractivity contribution in [2.24, 2.45) is 0 Å². The number of hydrogen-bond acceptors (Lipinski definition) is 5. The molecule has 0 spiro atoms. The molecule has 0 bridgehead atoms. The molecule has 1 N–H and O–H groups in total. The molecule has 24 heavy (non-hydrogen) atoms. The van der Waals surface area contributed by atoms with Gasteiger partial charge >= 0.3 is 6.18 Å². The van der Waals surface area contributed by atoms with E-state index in [-0.39, 0.29) is 23.8 Å². The lowest BCUT2D eigenvalue weighted by Gasteiger charge is -2.13. The molecule has 0 atom stereocenters. The Morgan fingerprint density at radius 1 is 1.33 bits per heavy atom. The van der Waals surface area contributed by atoms with Gasteiger partial charge in [0, 0.05) is 18.0 Å². The van der Waals surface area contributed by atoms with Gasteiger partial charge in [-0.15, -0.1) is 11.3 Å². The minimum absolute atomic E-state index is 0.00538. The Hall–Kier alpha value is -2.29. The molecular formula is C15H15F3N2O3S. The van der Waals surface area contributed by atoms with E-state index in [9.17, 15) is 18.0 Å². The molecule has 5 nitrogen and oxygen atoms in total. The van der Waals surface area contributed by atoms with Gasteiger partial charge in [0.25, 0.3) is 0 Å². The molecule has 0 aliphatic rings. The van der Waals surface area contributed by atoms with Gasteiger partial charge in [0.15, 0.2) is 23.2 Å². The van der Waals surface area contributed by atoms with Gasteiger partial charge in [0.2, 0.25) is 5.91 Å². The number of hydrogen-bond donors (Lipinski definition) is 1. The van der Waals surface area contributed by atoms with Crippen molar-refractivity contribution < 1.29 is 27.4 Å². The Labute approximate surface area is 140 Å². The fourth-order valence-corrected chi connectivity index (χ4v) is 2.42. The number of carbonyl (C=O) groups is 1. The normalized spacial score (nSPS) is 11.2. The second-order valence-corrected chi connectivity index (χ2v) is 5.67. The molecule has 0 saturated heterocycles. The fraction of sp³-hybridized carbons (Fsp3) is 0.333. The van der Waals surface area contributed by atoms with Gasteiger partial charge in [-0.05, 0) is 24.1 Å². The molecule has 0 saturated carbocycles. The standard InChI is InChI=1S/C15H15F3N2O3S/c1-22-12-8-10(2-4-11(12)23-9-15(16,17)18)3-5-13(21)20-14-19-6-7-24-14/h2,4,6-8H,3,5,9H2,1H3,(H,19,20,21). The summed E-state index contributed by atoms with van der Waals surface area (Å²) >= 11 is 1.32. The predicted molar refractivity (Wildman–Crippen MR) is 83.6 cm³/mol. The van der Waals surface area contributed by atoms with Gasteiger partial charge in [-0.3, -0.25) is 4.79 Å². The number of anilines is 1. The number of methoxy groups -OCH3 is 1. The molecule has 0 aliphatic carbocycles. The first-order valence-corrected chi connectivity index (χ1v) is 7.81. The summed E-state index contributed by atoms with van der Waals surface area (Å²) in [4.78, 5) is 15.7. The molecule has 1 aromatic heterocycles. The van der Waals surface area contributed by atoms with Crippen LogP contribution in [0.15, 0.2) is 29.8 Å². The second kappa shape index (κ2) is 8.00. The third-order valence-corrected chi connectivity index (χ3v) is 3.63. The monoisotopic (exact) mass is 360 g/mol. The molecule has 9 heteroatoms. The van der Waals surface area contributed by atoms with Crippen molar-refractivity contribution >= 4 is 22.4 Å². The molecule has 130 valence electrons. The number of benzene rings is 1. The predicted octanol–water partition coefficient (Wildman–Crippen LogP) is 3.66. The number of thiazole rings is 1. The Balaban J connectivity index is 1.92. The highest BCUT2D eigenvalue weighted by molar-refractivity contribution is 7.13. The number of ether oxygens (including phenoxy) is 2. The van der Waals surface area contributed by atoms with Gasteiger partial charge in [0.1, 0.15) is 0 Å². The summed E-state index contributed by atoms with van der Waals surface area (Å²) in [5.74, 6) is 0.00390. The van der Waals surface area contributed by atoms with Crippen molar-refractivity contribution in [3.8, 4) is 11.5 Å². The van der Waals surface area contributed by atoms with Crippen LogP contribution in [0.25, 0.3) is 0 Å². The number of aromatic nitrogens is 1. The quantitative estimate of drug-likeness (QED) is 0.819. The van der Waals surface area contributed by atoms with E-state index < -0.39 is 12.8 Å². The summed E-state index contributed by atoms with van der Waals surface area (Å²) in [5.41, 5.74) is 0.750. The van der Waals surface area contributed by atoms with Crippen molar-refractivity contribution in [1.29, 1.82) is 0 Å². The highest BCUT2D eigenvalue weighted by Crippen LogP contribution is 2.30. The van der Waals surface area contributed by atoms with Crippen molar-refractivity contribution in [3.63, 3.8) is 0 Å². The van der Waals surface area contributed by atoms with Crippen molar-refractivity contribution in [3.05, 3.63) is 35.3 Å². The first kappa shape index (κ1) is 18.1. The maximum atomic E-state index is 12.2. The third kappa shape index (κ3) is 5.73. The zero-order valence-corrected chi connectivity index (χ0v) is 13.5. The van der Waals surface area contributed by atoms with Crippen LogP contribution in [0.2, 0.25) is 0 Å². The maximum Gasteiger partial charge on any atom is 0.422 e. The lowest BCUT2D eigenvalue weighted by Crippen LogP contribution is -2.19. The molecule has 0 aliphatic heterocycles. The number of aryl methyl sites for hydroxylation is 1. The maximum absolute atomic E-state index is 12.2. The minimum Gasteiger partial charge on any atom is -0.493 e. The highest BCUT2D eigenvalue weighted by atomic mass is 32.1. The number of rotatable bonds is 7. The van der Waals surface area contributed by atoms with E-state index in [0.29, 0.717) is 11.6 Å². The smallest absolute Gasteiger partial charge is 0.422 e. The number of carbonyl (C=O) groups excluding carboxylic acids is 1. The van der Waals surface area contributed by atoms with Crippen molar-refractivity contribution in [2.75, 3.05) is 19.0 Å². The van der Waals surface area contributed by atoms with Gasteiger partial charge < -0.3 is 14.8 Å². The number of halogens is 3. The number of alkyl halides is 3. The summed E-state index contributed by atoms with van der Waals surface area (Å²) < 4.78 is 46.4. The van der Waals surface area contributed by atoms with Crippen LogP contribution in [0.3, 0.4) is 0 Å². The first-order valence-electron chi connectivity index (χ1n) is 6.93. The molecule has 0 radical (unpaired) electrons. The Morgan fingerprint density at radius 3 is 2.75 bits per heavy atom. The van der Waals surface area contributed by atoms with E-state index in [1.54, 1.807) is 23.7 Å².